The van der Waals surface area contributed by atoms with Crippen LogP contribution in [0.5, 0.6) is 0 Å². The second-order valence-electron chi connectivity index (χ2n) is 8.48. The highest BCUT2D eigenvalue weighted by atomic mass is 32.2. The number of halogens is 6. The molecule has 0 bridgehead atoms. The van der Waals surface area contributed by atoms with Gasteiger partial charge >= 0.3 is 12.4 Å². The normalized spacial score (nSPS) is 15.7. The van der Waals surface area contributed by atoms with Crippen LogP contribution < -0.4 is 0 Å². The predicted octanol–water partition coefficient (Wildman–Crippen LogP) is 5.45. The Kier molecular flexibility index (Phi) is 6.70. The zero-order valence-electron chi connectivity index (χ0n) is 19.6. The molecule has 1 fully saturated rings. The number of carbonyl (C=O) groups is 2. The number of thioether (sulfide) groups is 1. The van der Waals surface area contributed by atoms with Gasteiger partial charge in [-0.3, -0.25) is 23.9 Å². The molecule has 202 valence electrons. The lowest BCUT2D eigenvalue weighted by molar-refractivity contribution is -0.143. The number of rotatable bonds is 6. The van der Waals surface area contributed by atoms with Gasteiger partial charge in [-0.1, -0.05) is 12.1 Å². The van der Waals surface area contributed by atoms with Crippen molar-refractivity contribution in [1.82, 2.24) is 29.4 Å². The zero-order valence-corrected chi connectivity index (χ0v) is 20.4. The van der Waals surface area contributed by atoms with Crippen LogP contribution in [0, 0.1) is 0 Å². The fraction of sp³-hybridized carbons (Fsp3) is 0.208. The molecule has 0 spiro atoms. The van der Waals surface area contributed by atoms with E-state index in [2.05, 4.69) is 15.2 Å². The minimum absolute atomic E-state index is 0.0953. The van der Waals surface area contributed by atoms with Crippen LogP contribution in [0.2, 0.25) is 0 Å². The monoisotopic (exact) mass is 566 g/mol. The average Bonchev–Trinajstić information content (AvgIpc) is 3.58. The Morgan fingerprint density at radius 3 is 2.41 bits per heavy atom. The van der Waals surface area contributed by atoms with Crippen LogP contribution in [0.25, 0.3) is 17.0 Å². The Bertz CT molecular complexity index is 1590. The number of aromatic nitrogens is 5. The van der Waals surface area contributed by atoms with Gasteiger partial charge in [-0.2, -0.15) is 36.5 Å². The van der Waals surface area contributed by atoms with E-state index in [0.717, 1.165) is 22.7 Å². The van der Waals surface area contributed by atoms with Crippen molar-refractivity contribution in [1.29, 1.82) is 0 Å². The number of alkyl halides is 6. The number of fused-ring (bicyclic) bond motifs is 1. The van der Waals surface area contributed by atoms with Crippen molar-refractivity contribution < 1.29 is 35.9 Å². The van der Waals surface area contributed by atoms with Crippen molar-refractivity contribution in [2.24, 2.45) is 0 Å². The topological polar surface area (TPSA) is 85.9 Å². The maximum Gasteiger partial charge on any atom is 0.416 e. The molecule has 0 N–H and O–H groups in total. The van der Waals surface area contributed by atoms with E-state index in [-0.39, 0.29) is 29.6 Å². The Morgan fingerprint density at radius 2 is 1.72 bits per heavy atom. The van der Waals surface area contributed by atoms with Gasteiger partial charge in [0.2, 0.25) is 0 Å². The molecule has 0 aliphatic carbocycles. The summed E-state index contributed by atoms with van der Waals surface area (Å²) in [5.41, 5.74) is -2.17. The molecule has 1 aliphatic rings. The molecule has 1 aliphatic heterocycles. The van der Waals surface area contributed by atoms with Gasteiger partial charge < -0.3 is 0 Å². The largest absolute Gasteiger partial charge is 0.416 e. The first-order valence-corrected chi connectivity index (χ1v) is 12.0. The average molecular weight is 566 g/mol. The fourth-order valence-corrected chi connectivity index (χ4v) is 4.90. The first-order valence-electron chi connectivity index (χ1n) is 11.2. The van der Waals surface area contributed by atoms with E-state index in [0.29, 0.717) is 22.5 Å². The smallest absolute Gasteiger partial charge is 0.268 e. The van der Waals surface area contributed by atoms with Crippen LogP contribution in [-0.2, 0) is 30.2 Å². The molecule has 0 unspecified atom stereocenters. The summed E-state index contributed by atoms with van der Waals surface area (Å²) in [5.74, 6) is -0.470. The van der Waals surface area contributed by atoms with E-state index in [4.69, 9.17) is 0 Å². The molecule has 3 heterocycles. The first-order chi connectivity index (χ1) is 18.4. The zero-order chi connectivity index (χ0) is 27.9. The molecule has 0 radical (unpaired) electrons. The third-order valence-corrected chi connectivity index (χ3v) is 6.83. The quantitative estimate of drug-likeness (QED) is 0.228. The van der Waals surface area contributed by atoms with Gasteiger partial charge in [-0.15, -0.1) is 0 Å². The van der Waals surface area contributed by atoms with Crippen molar-refractivity contribution in [2.45, 2.75) is 25.4 Å². The summed E-state index contributed by atoms with van der Waals surface area (Å²) in [6.07, 6.45) is -4.19. The summed E-state index contributed by atoms with van der Waals surface area (Å²) < 4.78 is 82.3. The number of benzene rings is 2. The maximum atomic E-state index is 13.5. The van der Waals surface area contributed by atoms with Crippen LogP contribution in [0.1, 0.15) is 22.3 Å². The van der Waals surface area contributed by atoms with Gasteiger partial charge in [-0.25, -0.2) is 4.98 Å². The Hall–Kier alpha value is -4.14. The second-order valence-corrected chi connectivity index (χ2v) is 9.47. The standard InChI is InChI=1S/C24H16F6N6O2S/c25-23(26,27)17-3-2-15(18(9-17)24(28,29)30)11-36-19-4-1-14(7-16(19)10-32-36)8-20-21(37)35(22(38)39-20)6-5-34-13-31-12-33-34/h1-4,7-10,12-13H,5-6,11H2/b20-8-. The number of amides is 2. The third-order valence-electron chi connectivity index (χ3n) is 5.92. The minimum atomic E-state index is -5.00. The lowest BCUT2D eigenvalue weighted by atomic mass is 10.0. The molecule has 5 rings (SSSR count). The van der Waals surface area contributed by atoms with E-state index in [9.17, 15) is 35.9 Å². The maximum absolute atomic E-state index is 13.5. The van der Waals surface area contributed by atoms with Crippen LogP contribution in [-0.4, -0.2) is 47.1 Å². The second kappa shape index (κ2) is 9.87. The Labute approximate surface area is 219 Å². The Balaban J connectivity index is 1.37. The number of carbonyl (C=O) groups excluding carboxylic acids is 2. The molecule has 2 aromatic heterocycles. The number of hydrogen-bond acceptors (Lipinski definition) is 6. The highest BCUT2D eigenvalue weighted by Crippen LogP contribution is 2.38. The summed E-state index contributed by atoms with van der Waals surface area (Å²) in [5, 5.41) is 8.12. The van der Waals surface area contributed by atoms with Crippen molar-refractivity contribution in [3.63, 3.8) is 0 Å². The Morgan fingerprint density at radius 1 is 0.923 bits per heavy atom. The van der Waals surface area contributed by atoms with E-state index in [1.54, 1.807) is 18.2 Å². The van der Waals surface area contributed by atoms with Gasteiger partial charge in [0.25, 0.3) is 11.1 Å². The molecule has 15 heteroatoms. The summed E-state index contributed by atoms with van der Waals surface area (Å²) in [6.45, 7) is -0.0209. The van der Waals surface area contributed by atoms with Crippen molar-refractivity contribution in [3.05, 3.63) is 82.4 Å². The molecular formula is C24H16F6N6O2S. The van der Waals surface area contributed by atoms with Crippen LogP contribution >= 0.6 is 11.8 Å². The predicted molar refractivity (Wildman–Crippen MR) is 128 cm³/mol. The highest BCUT2D eigenvalue weighted by Gasteiger charge is 2.38. The number of hydrogen-bond donors (Lipinski definition) is 0. The number of nitrogens with zero attached hydrogens (tertiary/aromatic N) is 6. The molecule has 8 nitrogen and oxygen atoms in total. The van der Waals surface area contributed by atoms with Crippen molar-refractivity contribution >= 4 is 39.9 Å². The molecule has 0 atom stereocenters. The van der Waals surface area contributed by atoms with Gasteiger partial charge in [0, 0.05) is 11.9 Å². The van der Waals surface area contributed by atoms with Crippen LogP contribution in [0.3, 0.4) is 0 Å². The fourth-order valence-electron chi connectivity index (χ4n) is 4.03. The minimum Gasteiger partial charge on any atom is -0.268 e. The lowest BCUT2D eigenvalue weighted by Crippen LogP contribution is -2.31. The molecule has 4 aromatic rings. The van der Waals surface area contributed by atoms with E-state index in [1.807, 2.05) is 0 Å². The number of imide groups is 1. The molecule has 2 aromatic carbocycles. The molecule has 39 heavy (non-hydrogen) atoms. The van der Waals surface area contributed by atoms with Gasteiger partial charge in [0.1, 0.15) is 12.7 Å². The SMILES string of the molecule is O=C1S/C(=C\c2ccc3c(cnn3Cc3ccc(C(F)(F)F)cc3C(F)(F)F)c2)C(=O)N1CCn1cncn1. The lowest BCUT2D eigenvalue weighted by Gasteiger charge is -2.16. The van der Waals surface area contributed by atoms with E-state index >= 15 is 0 Å². The molecule has 1 saturated heterocycles. The molecule has 0 saturated carbocycles. The van der Waals surface area contributed by atoms with Crippen LogP contribution in [0.4, 0.5) is 31.1 Å². The summed E-state index contributed by atoms with van der Waals surface area (Å²) in [7, 11) is 0. The van der Waals surface area contributed by atoms with Gasteiger partial charge in [-0.05, 0) is 53.2 Å². The highest BCUT2D eigenvalue weighted by molar-refractivity contribution is 8.18. The van der Waals surface area contributed by atoms with Crippen LogP contribution in [0.15, 0.2) is 60.2 Å². The van der Waals surface area contributed by atoms with E-state index < -0.39 is 41.2 Å². The van der Waals surface area contributed by atoms with Crippen molar-refractivity contribution in [2.75, 3.05) is 6.54 Å². The van der Waals surface area contributed by atoms with Gasteiger partial charge in [0.05, 0.1) is 40.8 Å². The summed E-state index contributed by atoms with van der Waals surface area (Å²) >= 11 is 0.779. The first kappa shape index (κ1) is 26.5. The molecular weight excluding hydrogens is 550 g/mol. The summed E-state index contributed by atoms with van der Waals surface area (Å²) in [6, 6.07) is 6.30. The summed E-state index contributed by atoms with van der Waals surface area (Å²) in [4.78, 5) is 30.2. The van der Waals surface area contributed by atoms with Gasteiger partial charge in [0.15, 0.2) is 0 Å². The third kappa shape index (κ3) is 5.53. The van der Waals surface area contributed by atoms with E-state index in [1.165, 1.54) is 34.3 Å². The van der Waals surface area contributed by atoms with Crippen molar-refractivity contribution in [3.8, 4) is 0 Å². The molecule has 2 amide bonds.